The second-order valence-corrected chi connectivity index (χ2v) is 5.63. The molecule has 3 nitrogen and oxygen atoms in total. The van der Waals surface area contributed by atoms with Gasteiger partial charge in [0.1, 0.15) is 5.52 Å². The quantitative estimate of drug-likeness (QED) is 0.872. The molecule has 90 valence electrons. The lowest BCUT2D eigenvalue weighted by Gasteiger charge is -2.27. The molecular formula is C13H15BrN2O. The molecule has 0 radical (unpaired) electrons. The van der Waals surface area contributed by atoms with E-state index in [0.29, 0.717) is 5.92 Å². The van der Waals surface area contributed by atoms with E-state index in [9.17, 15) is 0 Å². The van der Waals surface area contributed by atoms with Gasteiger partial charge in [-0.05, 0) is 43.5 Å². The Bertz CT molecular complexity index is 537. The van der Waals surface area contributed by atoms with Crippen molar-refractivity contribution in [2.24, 2.45) is 5.92 Å². The lowest BCUT2D eigenvalue weighted by Crippen LogP contribution is -2.32. The SMILES string of the molecule is CC1CCCNC1c1nc2cc(Br)ccc2o1. The van der Waals surface area contributed by atoms with Crippen molar-refractivity contribution in [3.8, 4) is 0 Å². The van der Waals surface area contributed by atoms with Gasteiger partial charge in [0.05, 0.1) is 6.04 Å². The first-order valence-electron chi connectivity index (χ1n) is 6.03. The van der Waals surface area contributed by atoms with E-state index in [-0.39, 0.29) is 6.04 Å². The highest BCUT2D eigenvalue weighted by atomic mass is 79.9. The molecular weight excluding hydrogens is 280 g/mol. The maximum Gasteiger partial charge on any atom is 0.212 e. The molecule has 4 heteroatoms. The van der Waals surface area contributed by atoms with Gasteiger partial charge >= 0.3 is 0 Å². The molecule has 3 rings (SSSR count). The number of halogens is 1. The highest BCUT2D eigenvalue weighted by Crippen LogP contribution is 2.31. The predicted octanol–water partition coefficient (Wildman–Crippen LogP) is 3.65. The van der Waals surface area contributed by atoms with Crippen LogP contribution in [-0.2, 0) is 0 Å². The highest BCUT2D eigenvalue weighted by molar-refractivity contribution is 9.10. The van der Waals surface area contributed by atoms with Gasteiger partial charge in [0.15, 0.2) is 5.58 Å². The average Bonchev–Trinajstić information content (AvgIpc) is 2.72. The van der Waals surface area contributed by atoms with Crippen LogP contribution < -0.4 is 5.32 Å². The number of hydrogen-bond donors (Lipinski definition) is 1. The third-order valence-corrected chi connectivity index (χ3v) is 3.89. The summed E-state index contributed by atoms with van der Waals surface area (Å²) in [6.45, 7) is 3.30. The zero-order valence-corrected chi connectivity index (χ0v) is 11.3. The van der Waals surface area contributed by atoms with Crippen LogP contribution in [-0.4, -0.2) is 11.5 Å². The number of rotatable bonds is 1. The van der Waals surface area contributed by atoms with Crippen molar-refractivity contribution in [1.82, 2.24) is 10.3 Å². The summed E-state index contributed by atoms with van der Waals surface area (Å²) in [5, 5.41) is 3.49. The van der Waals surface area contributed by atoms with Gasteiger partial charge in [-0.15, -0.1) is 0 Å². The van der Waals surface area contributed by atoms with E-state index < -0.39 is 0 Å². The Balaban J connectivity index is 1.99. The predicted molar refractivity (Wildman–Crippen MR) is 70.9 cm³/mol. The first-order chi connectivity index (χ1) is 8.24. The number of nitrogens with zero attached hydrogens (tertiary/aromatic N) is 1. The summed E-state index contributed by atoms with van der Waals surface area (Å²) in [5.41, 5.74) is 1.79. The van der Waals surface area contributed by atoms with E-state index in [1.807, 2.05) is 18.2 Å². The summed E-state index contributed by atoms with van der Waals surface area (Å²) in [6.07, 6.45) is 2.48. The van der Waals surface area contributed by atoms with Gasteiger partial charge < -0.3 is 9.73 Å². The first-order valence-corrected chi connectivity index (χ1v) is 6.83. The lowest BCUT2D eigenvalue weighted by molar-refractivity contribution is 0.264. The second-order valence-electron chi connectivity index (χ2n) is 4.72. The van der Waals surface area contributed by atoms with E-state index in [1.165, 1.54) is 12.8 Å². The van der Waals surface area contributed by atoms with Crippen molar-refractivity contribution in [2.45, 2.75) is 25.8 Å². The van der Waals surface area contributed by atoms with E-state index in [2.05, 4.69) is 33.2 Å². The number of nitrogens with one attached hydrogen (secondary N) is 1. The van der Waals surface area contributed by atoms with Crippen LogP contribution in [0.25, 0.3) is 11.1 Å². The summed E-state index contributed by atoms with van der Waals surface area (Å²) in [4.78, 5) is 4.59. The molecule has 0 amide bonds. The molecule has 1 fully saturated rings. The molecule has 2 heterocycles. The van der Waals surface area contributed by atoms with Crippen LogP contribution in [0.15, 0.2) is 27.1 Å². The van der Waals surface area contributed by atoms with Gasteiger partial charge in [-0.1, -0.05) is 22.9 Å². The Kier molecular flexibility index (Phi) is 2.92. The monoisotopic (exact) mass is 294 g/mol. The summed E-state index contributed by atoms with van der Waals surface area (Å²) in [6, 6.07) is 6.20. The van der Waals surface area contributed by atoms with E-state index in [4.69, 9.17) is 4.42 Å². The number of benzene rings is 1. The van der Waals surface area contributed by atoms with Crippen molar-refractivity contribution in [3.05, 3.63) is 28.6 Å². The van der Waals surface area contributed by atoms with Crippen LogP contribution >= 0.6 is 15.9 Å². The maximum absolute atomic E-state index is 5.84. The van der Waals surface area contributed by atoms with Gasteiger partial charge in [-0.3, -0.25) is 0 Å². The summed E-state index contributed by atoms with van der Waals surface area (Å²) in [7, 11) is 0. The molecule has 2 aromatic rings. The summed E-state index contributed by atoms with van der Waals surface area (Å²) in [5.74, 6) is 1.41. The third-order valence-electron chi connectivity index (χ3n) is 3.40. The summed E-state index contributed by atoms with van der Waals surface area (Å²) >= 11 is 3.45. The molecule has 1 saturated heterocycles. The number of fused-ring (bicyclic) bond motifs is 1. The maximum atomic E-state index is 5.84. The Morgan fingerprint density at radius 3 is 3.18 bits per heavy atom. The molecule has 1 aromatic heterocycles. The Morgan fingerprint density at radius 1 is 1.47 bits per heavy atom. The van der Waals surface area contributed by atoms with Crippen LogP contribution in [0.4, 0.5) is 0 Å². The first kappa shape index (κ1) is 11.2. The van der Waals surface area contributed by atoms with Crippen molar-refractivity contribution in [3.63, 3.8) is 0 Å². The van der Waals surface area contributed by atoms with Crippen LogP contribution in [0.5, 0.6) is 0 Å². The van der Waals surface area contributed by atoms with Gasteiger partial charge in [-0.2, -0.15) is 0 Å². The normalized spacial score (nSPS) is 25.3. The minimum atomic E-state index is 0.259. The van der Waals surface area contributed by atoms with Gasteiger partial charge in [0, 0.05) is 4.47 Å². The summed E-state index contributed by atoms with van der Waals surface area (Å²) < 4.78 is 6.88. The zero-order chi connectivity index (χ0) is 11.8. The largest absolute Gasteiger partial charge is 0.439 e. The molecule has 2 unspecified atom stereocenters. The van der Waals surface area contributed by atoms with Crippen LogP contribution in [0.3, 0.4) is 0 Å². The zero-order valence-electron chi connectivity index (χ0n) is 9.74. The molecule has 0 saturated carbocycles. The van der Waals surface area contributed by atoms with Gasteiger partial charge in [0.25, 0.3) is 0 Å². The van der Waals surface area contributed by atoms with Gasteiger partial charge in [0.2, 0.25) is 5.89 Å². The Morgan fingerprint density at radius 2 is 2.35 bits per heavy atom. The van der Waals surface area contributed by atoms with Crippen molar-refractivity contribution < 1.29 is 4.42 Å². The molecule has 0 aliphatic carbocycles. The van der Waals surface area contributed by atoms with Crippen molar-refractivity contribution >= 4 is 27.0 Å². The average molecular weight is 295 g/mol. The van der Waals surface area contributed by atoms with Crippen LogP contribution in [0.1, 0.15) is 31.7 Å². The number of hydrogen-bond acceptors (Lipinski definition) is 3. The van der Waals surface area contributed by atoms with E-state index in [0.717, 1.165) is 28.0 Å². The van der Waals surface area contributed by atoms with Crippen molar-refractivity contribution in [1.29, 1.82) is 0 Å². The minimum absolute atomic E-state index is 0.259. The molecule has 1 N–H and O–H groups in total. The number of piperidine rings is 1. The topological polar surface area (TPSA) is 38.1 Å². The Hall–Kier alpha value is -0.870. The van der Waals surface area contributed by atoms with Crippen LogP contribution in [0.2, 0.25) is 0 Å². The second kappa shape index (κ2) is 4.42. The number of aromatic nitrogens is 1. The molecule has 17 heavy (non-hydrogen) atoms. The lowest BCUT2D eigenvalue weighted by atomic mass is 9.93. The minimum Gasteiger partial charge on any atom is -0.439 e. The van der Waals surface area contributed by atoms with Crippen molar-refractivity contribution in [2.75, 3.05) is 6.54 Å². The molecule has 1 aliphatic heterocycles. The smallest absolute Gasteiger partial charge is 0.212 e. The molecule has 0 bridgehead atoms. The highest BCUT2D eigenvalue weighted by Gasteiger charge is 2.26. The standard InChI is InChI=1S/C13H15BrN2O/c1-8-3-2-6-15-12(8)13-16-10-7-9(14)4-5-11(10)17-13/h4-5,7-8,12,15H,2-3,6H2,1H3. The fourth-order valence-electron chi connectivity index (χ4n) is 2.43. The molecule has 0 spiro atoms. The van der Waals surface area contributed by atoms with E-state index in [1.54, 1.807) is 0 Å². The fourth-order valence-corrected chi connectivity index (χ4v) is 2.78. The van der Waals surface area contributed by atoms with Gasteiger partial charge in [-0.25, -0.2) is 4.98 Å². The third kappa shape index (κ3) is 2.11. The molecule has 2 atom stereocenters. The van der Waals surface area contributed by atoms with Crippen LogP contribution in [0, 0.1) is 5.92 Å². The Labute approximate surface area is 109 Å². The molecule has 1 aromatic carbocycles. The number of oxazole rings is 1. The van der Waals surface area contributed by atoms with E-state index >= 15 is 0 Å². The molecule has 1 aliphatic rings. The fraction of sp³-hybridized carbons (Fsp3) is 0.462.